The number of pyridine rings is 1. The van der Waals surface area contributed by atoms with E-state index in [0.29, 0.717) is 24.8 Å². The van der Waals surface area contributed by atoms with Crippen molar-refractivity contribution in [2.75, 3.05) is 12.0 Å². The lowest BCUT2D eigenvalue weighted by Crippen LogP contribution is -2.44. The Labute approximate surface area is 177 Å². The molecule has 0 N–H and O–H groups in total. The third kappa shape index (κ3) is 4.28. The van der Waals surface area contributed by atoms with Crippen LogP contribution in [0.2, 0.25) is 0 Å². The normalized spacial score (nSPS) is 19.1. The van der Waals surface area contributed by atoms with E-state index in [9.17, 15) is 26.0 Å². The molecule has 2 heterocycles. The summed E-state index contributed by atoms with van der Waals surface area (Å²) < 4.78 is 86.2. The summed E-state index contributed by atoms with van der Waals surface area (Å²) in [5.41, 5.74) is -4.75. The maximum atomic E-state index is 14.6. The van der Waals surface area contributed by atoms with Crippen molar-refractivity contribution in [3.63, 3.8) is 0 Å². The van der Waals surface area contributed by atoms with Crippen LogP contribution in [0.4, 0.5) is 23.2 Å². The third-order valence-corrected chi connectivity index (χ3v) is 6.31. The molecule has 0 saturated carbocycles. The van der Waals surface area contributed by atoms with Crippen LogP contribution in [0.3, 0.4) is 0 Å². The van der Waals surface area contributed by atoms with Gasteiger partial charge in [0.25, 0.3) is 0 Å². The van der Waals surface area contributed by atoms with Crippen LogP contribution in [0.5, 0.6) is 11.5 Å². The summed E-state index contributed by atoms with van der Waals surface area (Å²) >= 11 is 0. The predicted octanol–water partition coefficient (Wildman–Crippen LogP) is 4.75. The van der Waals surface area contributed by atoms with Crippen LogP contribution in [0, 0.1) is 5.95 Å². The number of ether oxygens (including phenoxy) is 1. The van der Waals surface area contributed by atoms with Crippen molar-refractivity contribution in [3.8, 4) is 11.5 Å². The lowest BCUT2D eigenvalue weighted by Gasteiger charge is -2.45. The highest BCUT2D eigenvalue weighted by atomic mass is 32.2. The molecule has 1 aromatic heterocycles. The van der Waals surface area contributed by atoms with Gasteiger partial charge in [0.2, 0.25) is 5.95 Å². The van der Waals surface area contributed by atoms with Crippen molar-refractivity contribution in [2.24, 2.45) is 0 Å². The number of rotatable bonds is 6. The van der Waals surface area contributed by atoms with Crippen molar-refractivity contribution >= 4 is 15.8 Å². The molecule has 1 aromatic carbocycles. The molecule has 2 unspecified atom stereocenters. The Hall–Kier alpha value is -2.56. The first-order valence-corrected chi connectivity index (χ1v) is 11.0. The standard InChI is InChI=1S/C20H22F4N2O4S/c1-4-12-10-15-18(16(5-2)26(12)13-6-8-14(29-3)9-7-13)17(11-25-19(15)21)30-31(27,28)20(22,23)24/h6-9,11-12,16H,4-5,10H2,1-3H3. The second-order valence-electron chi connectivity index (χ2n) is 7.08. The molecule has 1 aliphatic rings. The summed E-state index contributed by atoms with van der Waals surface area (Å²) in [6, 6.07) is 6.25. The molecule has 11 heteroatoms. The quantitative estimate of drug-likeness (QED) is 0.267. The van der Waals surface area contributed by atoms with Crippen LogP contribution >= 0.6 is 0 Å². The summed E-state index contributed by atoms with van der Waals surface area (Å²) in [7, 11) is -4.41. The molecule has 2 aromatic rings. The maximum Gasteiger partial charge on any atom is 0.534 e. The monoisotopic (exact) mass is 462 g/mol. The average Bonchev–Trinajstić information content (AvgIpc) is 2.73. The molecular weight excluding hydrogens is 440 g/mol. The summed E-state index contributed by atoms with van der Waals surface area (Å²) in [6.07, 6.45) is 1.81. The molecule has 1 aliphatic heterocycles. The molecule has 3 rings (SSSR count). The van der Waals surface area contributed by atoms with Gasteiger partial charge in [-0.05, 0) is 43.5 Å². The van der Waals surface area contributed by atoms with Gasteiger partial charge in [0.15, 0.2) is 5.75 Å². The number of methoxy groups -OCH3 is 1. The summed E-state index contributed by atoms with van der Waals surface area (Å²) in [6.45, 7) is 3.70. The summed E-state index contributed by atoms with van der Waals surface area (Å²) in [4.78, 5) is 5.41. The van der Waals surface area contributed by atoms with Gasteiger partial charge in [0.1, 0.15) is 5.75 Å². The fourth-order valence-electron chi connectivity index (χ4n) is 3.93. The number of nitrogens with zero attached hydrogens (tertiary/aromatic N) is 2. The van der Waals surface area contributed by atoms with Gasteiger partial charge in [-0.15, -0.1) is 0 Å². The van der Waals surface area contributed by atoms with Crippen molar-refractivity contribution in [1.82, 2.24) is 4.98 Å². The Bertz CT molecular complexity index is 1040. The SMILES string of the molecule is CCC1Cc2c(F)ncc(OS(=O)(=O)C(F)(F)F)c2C(CC)N1c1ccc(OC)cc1. The number of fused-ring (bicyclic) bond motifs is 1. The van der Waals surface area contributed by atoms with Crippen LogP contribution in [-0.4, -0.2) is 32.1 Å². The number of aromatic nitrogens is 1. The van der Waals surface area contributed by atoms with Gasteiger partial charge < -0.3 is 13.8 Å². The second kappa shape index (κ2) is 8.52. The van der Waals surface area contributed by atoms with Crippen LogP contribution < -0.4 is 13.8 Å². The van der Waals surface area contributed by atoms with Gasteiger partial charge in [-0.25, -0.2) is 4.98 Å². The fourth-order valence-corrected chi connectivity index (χ4v) is 4.39. The minimum atomic E-state index is -5.94. The zero-order valence-corrected chi connectivity index (χ0v) is 17.9. The number of alkyl halides is 3. The average molecular weight is 462 g/mol. The maximum absolute atomic E-state index is 14.6. The Kier molecular flexibility index (Phi) is 6.35. The van der Waals surface area contributed by atoms with Gasteiger partial charge in [-0.3, -0.25) is 0 Å². The largest absolute Gasteiger partial charge is 0.534 e. The molecule has 0 aliphatic carbocycles. The Morgan fingerprint density at radius 3 is 2.32 bits per heavy atom. The lowest BCUT2D eigenvalue weighted by atomic mass is 9.85. The predicted molar refractivity (Wildman–Crippen MR) is 106 cm³/mol. The van der Waals surface area contributed by atoms with Gasteiger partial charge in [-0.2, -0.15) is 26.0 Å². The Balaban J connectivity index is 2.16. The van der Waals surface area contributed by atoms with E-state index in [1.165, 1.54) is 7.11 Å². The highest BCUT2D eigenvalue weighted by Crippen LogP contribution is 2.45. The van der Waals surface area contributed by atoms with E-state index in [2.05, 4.69) is 9.17 Å². The van der Waals surface area contributed by atoms with Crippen molar-refractivity contribution in [3.05, 3.63) is 47.5 Å². The van der Waals surface area contributed by atoms with E-state index >= 15 is 0 Å². The molecule has 2 atom stereocenters. The first-order valence-electron chi connectivity index (χ1n) is 9.64. The van der Waals surface area contributed by atoms with Crippen LogP contribution in [0.1, 0.15) is 43.9 Å². The molecule has 31 heavy (non-hydrogen) atoms. The second-order valence-corrected chi connectivity index (χ2v) is 8.62. The summed E-state index contributed by atoms with van der Waals surface area (Å²) in [5.74, 6) is -0.843. The van der Waals surface area contributed by atoms with E-state index < -0.39 is 33.4 Å². The van der Waals surface area contributed by atoms with E-state index in [0.717, 1.165) is 5.69 Å². The van der Waals surface area contributed by atoms with Crippen molar-refractivity contribution in [1.29, 1.82) is 0 Å². The number of halogens is 4. The van der Waals surface area contributed by atoms with Crippen LogP contribution in [0.15, 0.2) is 30.5 Å². The van der Waals surface area contributed by atoms with E-state index in [1.807, 2.05) is 11.8 Å². The van der Waals surface area contributed by atoms with Gasteiger partial charge in [0.05, 0.1) is 19.3 Å². The molecule has 0 bridgehead atoms. The first kappa shape index (κ1) is 23.1. The lowest BCUT2D eigenvalue weighted by molar-refractivity contribution is -0.0500. The van der Waals surface area contributed by atoms with Gasteiger partial charge in [0, 0.05) is 22.9 Å². The topological polar surface area (TPSA) is 68.7 Å². The number of hydrogen-bond donors (Lipinski definition) is 0. The fraction of sp³-hybridized carbons (Fsp3) is 0.450. The molecular formula is C20H22F4N2O4S. The van der Waals surface area contributed by atoms with Crippen molar-refractivity contribution in [2.45, 2.75) is 50.7 Å². The minimum Gasteiger partial charge on any atom is -0.497 e. The van der Waals surface area contributed by atoms with E-state index in [4.69, 9.17) is 4.74 Å². The Morgan fingerprint density at radius 2 is 1.81 bits per heavy atom. The van der Waals surface area contributed by atoms with Gasteiger partial charge in [-0.1, -0.05) is 13.8 Å². The first-order chi connectivity index (χ1) is 14.5. The zero-order valence-electron chi connectivity index (χ0n) is 17.1. The zero-order chi connectivity index (χ0) is 23.0. The van der Waals surface area contributed by atoms with Gasteiger partial charge >= 0.3 is 15.6 Å². The number of benzene rings is 1. The molecule has 6 nitrogen and oxygen atoms in total. The molecule has 0 radical (unpaired) electrons. The van der Waals surface area contributed by atoms with E-state index in [-0.39, 0.29) is 23.6 Å². The highest BCUT2D eigenvalue weighted by molar-refractivity contribution is 7.88. The number of hydrogen-bond acceptors (Lipinski definition) is 6. The number of anilines is 1. The van der Waals surface area contributed by atoms with Crippen molar-refractivity contribution < 1.29 is 34.9 Å². The molecule has 0 fully saturated rings. The smallest absolute Gasteiger partial charge is 0.497 e. The molecule has 170 valence electrons. The van der Waals surface area contributed by atoms with Crippen LogP contribution in [-0.2, 0) is 16.5 Å². The highest BCUT2D eigenvalue weighted by Gasteiger charge is 2.49. The van der Waals surface area contributed by atoms with Crippen LogP contribution in [0.25, 0.3) is 0 Å². The third-order valence-electron chi connectivity index (χ3n) is 5.35. The van der Waals surface area contributed by atoms with E-state index in [1.54, 1.807) is 31.2 Å². The molecule has 0 saturated heterocycles. The molecule has 0 amide bonds. The summed E-state index contributed by atoms with van der Waals surface area (Å²) in [5, 5.41) is 0. The minimum absolute atomic E-state index is 0.0587. The Morgan fingerprint density at radius 1 is 1.16 bits per heavy atom. The molecule has 0 spiro atoms.